The molecule has 0 aliphatic carbocycles. The monoisotopic (exact) mass is 642 g/mol. The Morgan fingerprint density at radius 3 is 1.55 bits per heavy atom. The first-order valence-electron chi connectivity index (χ1n) is 16.3. The molecule has 0 unspecified atom stereocenters. The zero-order valence-electron chi connectivity index (χ0n) is 26.2. The summed E-state index contributed by atoms with van der Waals surface area (Å²) in [5.41, 5.74) is 5.74. The van der Waals surface area contributed by atoms with Gasteiger partial charge in [0.15, 0.2) is 17.5 Å². The number of aromatic nitrogens is 4. The van der Waals surface area contributed by atoms with Gasteiger partial charge in [-0.3, -0.25) is 0 Å². The van der Waals surface area contributed by atoms with E-state index in [1.54, 1.807) is 0 Å². The van der Waals surface area contributed by atoms with Crippen molar-refractivity contribution in [3.05, 3.63) is 158 Å². The van der Waals surface area contributed by atoms with E-state index in [2.05, 4.69) is 97.1 Å². The summed E-state index contributed by atoms with van der Waals surface area (Å²) >= 11 is 1.87. The van der Waals surface area contributed by atoms with Gasteiger partial charge in [-0.25, -0.2) is 19.9 Å². The molecule has 0 saturated carbocycles. The predicted octanol–water partition coefficient (Wildman–Crippen LogP) is 11.8. The smallest absolute Gasteiger partial charge is 0.164 e. The highest BCUT2D eigenvalue weighted by atomic mass is 32.1. The van der Waals surface area contributed by atoms with Gasteiger partial charge in [0, 0.05) is 58.6 Å². The fourth-order valence-electron chi connectivity index (χ4n) is 7.07. The molecule has 0 aliphatic rings. The summed E-state index contributed by atoms with van der Waals surface area (Å²) in [6.07, 6.45) is 0. The van der Waals surface area contributed by atoms with Crippen LogP contribution < -0.4 is 0 Å². The quantitative estimate of drug-likeness (QED) is 0.179. The minimum absolute atomic E-state index is 0.622. The van der Waals surface area contributed by atoms with E-state index in [-0.39, 0.29) is 0 Å². The van der Waals surface area contributed by atoms with Crippen molar-refractivity contribution in [3.8, 4) is 45.4 Å². The minimum atomic E-state index is 0.622. The Bertz CT molecular complexity index is 2820. The fourth-order valence-corrected chi connectivity index (χ4v) is 8.35. The Kier molecular flexibility index (Phi) is 6.32. The molecule has 10 rings (SSSR count). The average molecular weight is 643 g/mol. The van der Waals surface area contributed by atoms with Gasteiger partial charge in [-0.2, -0.15) is 0 Å². The number of pyridine rings is 1. The first-order chi connectivity index (χ1) is 24.3. The van der Waals surface area contributed by atoms with Crippen LogP contribution in [0.4, 0.5) is 0 Å². The van der Waals surface area contributed by atoms with E-state index >= 15 is 0 Å². The molecule has 0 saturated heterocycles. The lowest BCUT2D eigenvalue weighted by Gasteiger charge is -2.15. The number of thiophene rings is 1. The number of rotatable bonds is 4. The van der Waals surface area contributed by atoms with E-state index in [9.17, 15) is 0 Å². The van der Waals surface area contributed by atoms with E-state index in [4.69, 9.17) is 19.9 Å². The van der Waals surface area contributed by atoms with Gasteiger partial charge < -0.3 is 0 Å². The summed E-state index contributed by atoms with van der Waals surface area (Å²) in [7, 11) is 0. The molecular formula is C44H26N4S. The number of para-hydroxylation sites is 1. The zero-order valence-corrected chi connectivity index (χ0v) is 27.0. The molecule has 0 fully saturated rings. The van der Waals surface area contributed by atoms with Crippen LogP contribution in [0.1, 0.15) is 0 Å². The number of hydrogen-bond donors (Lipinski definition) is 0. The van der Waals surface area contributed by atoms with E-state index in [0.717, 1.165) is 44.2 Å². The van der Waals surface area contributed by atoms with Crippen LogP contribution in [-0.4, -0.2) is 19.9 Å². The maximum absolute atomic E-state index is 5.40. The molecule has 3 aromatic heterocycles. The van der Waals surface area contributed by atoms with Crippen LogP contribution >= 0.6 is 11.3 Å². The summed E-state index contributed by atoms with van der Waals surface area (Å²) in [5.74, 6) is 1.90. The first-order valence-corrected chi connectivity index (χ1v) is 17.1. The molecule has 4 nitrogen and oxygen atoms in total. The summed E-state index contributed by atoms with van der Waals surface area (Å²) in [5, 5.41) is 8.63. The molecule has 0 radical (unpaired) electrons. The summed E-state index contributed by atoms with van der Waals surface area (Å²) in [6.45, 7) is 0. The number of benzene rings is 7. The maximum atomic E-state index is 5.40. The van der Waals surface area contributed by atoms with Crippen molar-refractivity contribution in [1.82, 2.24) is 19.9 Å². The summed E-state index contributed by atoms with van der Waals surface area (Å²) < 4.78 is 2.58. The third-order valence-electron chi connectivity index (χ3n) is 9.27. The first kappa shape index (κ1) is 27.8. The number of fused-ring (bicyclic) bond motifs is 10. The highest BCUT2D eigenvalue weighted by Crippen LogP contribution is 2.48. The third-order valence-corrected chi connectivity index (χ3v) is 10.5. The second kappa shape index (κ2) is 11.2. The van der Waals surface area contributed by atoms with Crippen LogP contribution in [0.25, 0.3) is 98.0 Å². The predicted molar refractivity (Wildman–Crippen MR) is 205 cm³/mol. The van der Waals surface area contributed by atoms with Gasteiger partial charge in [-0.1, -0.05) is 140 Å². The number of hydrogen-bond acceptors (Lipinski definition) is 5. The van der Waals surface area contributed by atoms with Crippen LogP contribution in [0.15, 0.2) is 158 Å². The lowest BCUT2D eigenvalue weighted by molar-refractivity contribution is 1.07. The molecule has 7 aromatic carbocycles. The molecule has 0 aliphatic heterocycles. The molecule has 0 N–H and O–H groups in total. The second-order valence-electron chi connectivity index (χ2n) is 12.2. The molecular weight excluding hydrogens is 617 g/mol. The largest absolute Gasteiger partial charge is 0.247 e. The Morgan fingerprint density at radius 1 is 0.347 bits per heavy atom. The average Bonchev–Trinajstić information content (AvgIpc) is 3.58. The molecule has 0 atom stereocenters. The normalized spacial score (nSPS) is 11.7. The van der Waals surface area contributed by atoms with Crippen molar-refractivity contribution in [2.75, 3.05) is 0 Å². The van der Waals surface area contributed by atoms with Crippen molar-refractivity contribution < 1.29 is 0 Å². The molecule has 228 valence electrons. The van der Waals surface area contributed by atoms with Crippen LogP contribution in [0, 0.1) is 0 Å². The van der Waals surface area contributed by atoms with Gasteiger partial charge >= 0.3 is 0 Å². The van der Waals surface area contributed by atoms with Crippen LogP contribution in [0.2, 0.25) is 0 Å². The highest BCUT2D eigenvalue weighted by molar-refractivity contribution is 7.27. The van der Waals surface area contributed by atoms with E-state index in [1.165, 1.54) is 36.3 Å². The second-order valence-corrected chi connectivity index (χ2v) is 13.2. The van der Waals surface area contributed by atoms with E-state index < -0.39 is 0 Å². The summed E-state index contributed by atoms with van der Waals surface area (Å²) in [4.78, 5) is 20.3. The number of nitrogens with zero attached hydrogens (tertiary/aromatic N) is 4. The van der Waals surface area contributed by atoms with E-state index in [0.29, 0.717) is 17.5 Å². The fraction of sp³-hybridized carbons (Fsp3) is 0. The van der Waals surface area contributed by atoms with Gasteiger partial charge in [0.2, 0.25) is 0 Å². The van der Waals surface area contributed by atoms with Gasteiger partial charge in [-0.15, -0.1) is 11.3 Å². The van der Waals surface area contributed by atoms with Crippen molar-refractivity contribution in [2.24, 2.45) is 0 Å². The minimum Gasteiger partial charge on any atom is -0.247 e. The summed E-state index contributed by atoms with van der Waals surface area (Å²) in [6, 6.07) is 54.8. The molecule has 5 heteroatoms. The van der Waals surface area contributed by atoms with Crippen LogP contribution in [0.3, 0.4) is 0 Å². The highest BCUT2D eigenvalue weighted by Gasteiger charge is 2.21. The lowest BCUT2D eigenvalue weighted by atomic mass is 9.92. The van der Waals surface area contributed by atoms with E-state index in [1.807, 2.05) is 72.0 Å². The SMILES string of the molecule is c1ccc(-c2nc(-c3ccccc3)nc(-c3cccc(-c4nc5ccccc5c5c6sc7ccccc7c6c6ccccc6c45)c3)n2)cc1. The lowest BCUT2D eigenvalue weighted by Crippen LogP contribution is -2.00. The van der Waals surface area contributed by atoms with Crippen LogP contribution in [0.5, 0.6) is 0 Å². The Labute approximate surface area is 286 Å². The van der Waals surface area contributed by atoms with Crippen molar-refractivity contribution >= 4 is 64.0 Å². The Hall–Kier alpha value is -6.30. The van der Waals surface area contributed by atoms with Gasteiger partial charge in [0.1, 0.15) is 0 Å². The maximum Gasteiger partial charge on any atom is 0.164 e. The standard InChI is InChI=1S/C44H26N4S/c1-3-14-27(15-4-1)42-46-43(28-16-5-2-6-17-28)48-44(47-42)30-19-13-18-29(26-30)40-38-32-21-8-7-20-31(32)37-34-23-10-12-25-36(34)49-41(37)39(38)33-22-9-11-24-35(33)45-40/h1-26H. The van der Waals surface area contributed by atoms with Crippen molar-refractivity contribution in [2.45, 2.75) is 0 Å². The third kappa shape index (κ3) is 4.51. The van der Waals surface area contributed by atoms with Crippen LogP contribution in [-0.2, 0) is 0 Å². The Balaban J connectivity index is 1.27. The molecule has 0 bridgehead atoms. The van der Waals surface area contributed by atoms with Gasteiger partial charge in [-0.05, 0) is 29.0 Å². The van der Waals surface area contributed by atoms with Gasteiger partial charge in [0.25, 0.3) is 0 Å². The Morgan fingerprint density at radius 2 is 0.857 bits per heavy atom. The molecule has 0 spiro atoms. The molecule has 49 heavy (non-hydrogen) atoms. The molecule has 10 aromatic rings. The van der Waals surface area contributed by atoms with Gasteiger partial charge in [0.05, 0.1) is 11.2 Å². The molecule has 3 heterocycles. The van der Waals surface area contributed by atoms with Crippen molar-refractivity contribution in [3.63, 3.8) is 0 Å². The van der Waals surface area contributed by atoms with Crippen molar-refractivity contribution in [1.29, 1.82) is 0 Å². The molecule has 0 amide bonds. The topological polar surface area (TPSA) is 51.6 Å². The zero-order chi connectivity index (χ0) is 32.3.